The molecule has 0 saturated carbocycles. The monoisotopic (exact) mass is 549 g/mol. The summed E-state index contributed by atoms with van der Waals surface area (Å²) in [5.41, 5.74) is 2.21. The summed E-state index contributed by atoms with van der Waals surface area (Å²) in [4.78, 5) is 30.8. The first-order chi connectivity index (χ1) is 18.5. The lowest BCUT2D eigenvalue weighted by atomic mass is 9.95. The SMILES string of the molecule is O=C(c1cccc(N(Cc2ccc(Cl)cc2)S(=O)c2ccccc2)c1)N1CCC(C(=O)N2CCCC2)CC1. The number of hydrogen-bond acceptors (Lipinski definition) is 3. The topological polar surface area (TPSA) is 60.9 Å². The number of hydrogen-bond donors (Lipinski definition) is 0. The van der Waals surface area contributed by atoms with Crippen molar-refractivity contribution in [3.63, 3.8) is 0 Å². The molecule has 8 heteroatoms. The number of benzene rings is 3. The van der Waals surface area contributed by atoms with Crippen LogP contribution in [0.2, 0.25) is 5.02 Å². The highest BCUT2D eigenvalue weighted by Gasteiger charge is 2.31. The van der Waals surface area contributed by atoms with E-state index in [0.29, 0.717) is 53.6 Å². The lowest BCUT2D eigenvalue weighted by molar-refractivity contribution is -0.135. The van der Waals surface area contributed by atoms with Gasteiger partial charge in [0.05, 0.1) is 17.1 Å². The van der Waals surface area contributed by atoms with Crippen LogP contribution in [0.1, 0.15) is 41.6 Å². The number of anilines is 1. The number of likely N-dealkylation sites (tertiary alicyclic amines) is 2. The molecule has 0 N–H and O–H groups in total. The Morgan fingerprint density at radius 3 is 2.21 bits per heavy atom. The first kappa shape index (κ1) is 26.4. The molecule has 198 valence electrons. The van der Waals surface area contributed by atoms with Crippen LogP contribution in [0.4, 0.5) is 5.69 Å². The Morgan fingerprint density at radius 2 is 1.53 bits per heavy atom. The van der Waals surface area contributed by atoms with E-state index >= 15 is 0 Å². The highest BCUT2D eigenvalue weighted by molar-refractivity contribution is 7.86. The smallest absolute Gasteiger partial charge is 0.253 e. The summed E-state index contributed by atoms with van der Waals surface area (Å²) in [6.07, 6.45) is 3.57. The predicted molar refractivity (Wildman–Crippen MR) is 151 cm³/mol. The lowest BCUT2D eigenvalue weighted by Crippen LogP contribution is -2.43. The number of carbonyl (C=O) groups excluding carboxylic acids is 2. The van der Waals surface area contributed by atoms with Gasteiger partial charge >= 0.3 is 0 Å². The van der Waals surface area contributed by atoms with E-state index in [1.165, 1.54) is 0 Å². The summed E-state index contributed by atoms with van der Waals surface area (Å²) < 4.78 is 15.5. The van der Waals surface area contributed by atoms with Crippen LogP contribution in [-0.2, 0) is 22.3 Å². The molecule has 0 aromatic heterocycles. The number of halogens is 1. The van der Waals surface area contributed by atoms with Crippen LogP contribution in [0.3, 0.4) is 0 Å². The zero-order chi connectivity index (χ0) is 26.5. The van der Waals surface area contributed by atoms with Gasteiger partial charge in [-0.05, 0) is 73.7 Å². The quantitative estimate of drug-likeness (QED) is 0.388. The van der Waals surface area contributed by atoms with Crippen molar-refractivity contribution in [1.29, 1.82) is 0 Å². The maximum atomic E-state index is 13.7. The fraction of sp³-hybridized carbons (Fsp3) is 0.333. The standard InChI is InChI=1S/C30H32ClN3O3S/c31-26-13-11-23(12-14-26)22-34(38(37)28-9-2-1-3-10-28)27-8-6-7-25(21-27)30(36)33-19-15-24(16-20-33)29(35)32-17-4-5-18-32/h1-3,6-14,21,24H,4-5,15-20,22H2. The molecule has 3 aromatic carbocycles. The van der Waals surface area contributed by atoms with Gasteiger partial charge in [-0.15, -0.1) is 0 Å². The Hall–Kier alpha value is -3.16. The molecule has 1 unspecified atom stereocenters. The van der Waals surface area contributed by atoms with Crippen LogP contribution in [0.5, 0.6) is 0 Å². The van der Waals surface area contributed by atoms with Gasteiger partial charge in [-0.3, -0.25) is 13.9 Å². The predicted octanol–water partition coefficient (Wildman–Crippen LogP) is 5.54. The van der Waals surface area contributed by atoms with Crippen molar-refractivity contribution in [2.75, 3.05) is 30.5 Å². The van der Waals surface area contributed by atoms with Crippen molar-refractivity contribution in [1.82, 2.24) is 9.80 Å². The Labute approximate surface area is 231 Å². The average molecular weight is 550 g/mol. The van der Waals surface area contributed by atoms with Crippen molar-refractivity contribution < 1.29 is 13.8 Å². The molecular weight excluding hydrogens is 518 g/mol. The zero-order valence-electron chi connectivity index (χ0n) is 21.3. The van der Waals surface area contributed by atoms with Gasteiger partial charge in [0.2, 0.25) is 5.91 Å². The van der Waals surface area contributed by atoms with Crippen molar-refractivity contribution in [3.05, 3.63) is 95.0 Å². The van der Waals surface area contributed by atoms with Gasteiger partial charge in [-0.1, -0.05) is 48.0 Å². The Kier molecular flexibility index (Phi) is 8.45. The second kappa shape index (κ2) is 12.1. The second-order valence-corrected chi connectivity index (χ2v) is 11.7. The Bertz CT molecular complexity index is 1290. The third-order valence-corrected chi connectivity index (χ3v) is 8.98. The third-order valence-electron chi connectivity index (χ3n) is 7.31. The number of carbonyl (C=O) groups is 2. The summed E-state index contributed by atoms with van der Waals surface area (Å²) in [7, 11) is -1.48. The van der Waals surface area contributed by atoms with Gasteiger partial charge in [0.15, 0.2) is 11.0 Å². The van der Waals surface area contributed by atoms with Crippen LogP contribution in [-0.4, -0.2) is 52.0 Å². The van der Waals surface area contributed by atoms with Gasteiger partial charge in [-0.25, -0.2) is 4.21 Å². The molecule has 1 atom stereocenters. The largest absolute Gasteiger partial charge is 0.342 e. The van der Waals surface area contributed by atoms with E-state index in [0.717, 1.165) is 31.5 Å². The first-order valence-corrected chi connectivity index (χ1v) is 14.6. The molecule has 2 saturated heterocycles. The molecular formula is C30H32ClN3O3S. The van der Waals surface area contributed by atoms with Crippen molar-refractivity contribution in [2.45, 2.75) is 37.1 Å². The van der Waals surface area contributed by atoms with E-state index in [9.17, 15) is 13.8 Å². The van der Waals surface area contributed by atoms with Crippen LogP contribution in [0.25, 0.3) is 0 Å². The molecule has 2 aliphatic heterocycles. The van der Waals surface area contributed by atoms with Crippen molar-refractivity contribution in [3.8, 4) is 0 Å². The van der Waals surface area contributed by atoms with E-state index in [1.807, 2.05) is 82.6 Å². The van der Waals surface area contributed by atoms with Gasteiger partial charge in [0, 0.05) is 42.7 Å². The van der Waals surface area contributed by atoms with Gasteiger partial charge < -0.3 is 9.80 Å². The normalized spacial score (nSPS) is 16.9. The molecule has 0 aliphatic carbocycles. The minimum Gasteiger partial charge on any atom is -0.342 e. The number of nitrogens with zero attached hydrogens (tertiary/aromatic N) is 3. The molecule has 2 heterocycles. The third kappa shape index (κ3) is 6.11. The minimum atomic E-state index is -1.48. The molecule has 2 fully saturated rings. The molecule has 0 spiro atoms. The Morgan fingerprint density at radius 1 is 0.842 bits per heavy atom. The highest BCUT2D eigenvalue weighted by Crippen LogP contribution is 2.27. The van der Waals surface area contributed by atoms with Gasteiger partial charge in [0.25, 0.3) is 5.91 Å². The van der Waals surface area contributed by atoms with Crippen molar-refractivity contribution in [2.24, 2.45) is 5.92 Å². The van der Waals surface area contributed by atoms with Gasteiger partial charge in [-0.2, -0.15) is 0 Å². The summed E-state index contributed by atoms with van der Waals surface area (Å²) in [5, 5.41) is 0.642. The first-order valence-electron chi connectivity index (χ1n) is 13.2. The summed E-state index contributed by atoms with van der Waals surface area (Å²) >= 11 is 6.08. The van der Waals surface area contributed by atoms with Crippen LogP contribution in [0, 0.1) is 5.92 Å². The average Bonchev–Trinajstić information content (AvgIpc) is 3.52. The molecule has 2 amide bonds. The molecule has 3 aromatic rings. The van der Waals surface area contributed by atoms with E-state index in [-0.39, 0.29) is 17.7 Å². The number of amides is 2. The van der Waals surface area contributed by atoms with E-state index in [4.69, 9.17) is 11.6 Å². The van der Waals surface area contributed by atoms with Crippen LogP contribution < -0.4 is 4.31 Å². The fourth-order valence-corrected chi connectivity index (χ4v) is 6.51. The van der Waals surface area contributed by atoms with Crippen molar-refractivity contribution >= 4 is 40.1 Å². The maximum Gasteiger partial charge on any atom is 0.253 e. The molecule has 0 radical (unpaired) electrons. The van der Waals surface area contributed by atoms with E-state index in [2.05, 4.69) is 0 Å². The molecule has 6 nitrogen and oxygen atoms in total. The zero-order valence-corrected chi connectivity index (χ0v) is 22.9. The van der Waals surface area contributed by atoms with Gasteiger partial charge in [0.1, 0.15) is 0 Å². The fourth-order valence-electron chi connectivity index (χ4n) is 5.17. The molecule has 38 heavy (non-hydrogen) atoms. The minimum absolute atomic E-state index is 0.00615. The lowest BCUT2D eigenvalue weighted by Gasteiger charge is -2.33. The van der Waals surface area contributed by atoms with E-state index < -0.39 is 11.0 Å². The summed E-state index contributed by atoms with van der Waals surface area (Å²) in [5.74, 6) is 0.195. The van der Waals surface area contributed by atoms with E-state index in [1.54, 1.807) is 10.4 Å². The summed E-state index contributed by atoms with van der Waals surface area (Å²) in [6, 6.07) is 24.1. The van der Waals surface area contributed by atoms with Crippen LogP contribution in [0.15, 0.2) is 83.8 Å². The van der Waals surface area contributed by atoms with Crippen LogP contribution >= 0.6 is 11.6 Å². The number of rotatable bonds is 7. The maximum absolute atomic E-state index is 13.7. The Balaban J connectivity index is 1.33. The number of piperidine rings is 1. The molecule has 2 aliphatic rings. The molecule has 0 bridgehead atoms. The molecule has 5 rings (SSSR count). The summed E-state index contributed by atoms with van der Waals surface area (Å²) in [6.45, 7) is 3.25. The highest BCUT2D eigenvalue weighted by atomic mass is 35.5. The second-order valence-electron chi connectivity index (χ2n) is 9.87.